The fourth-order valence-electron chi connectivity index (χ4n) is 1.89. The van der Waals surface area contributed by atoms with Gasteiger partial charge in [-0.1, -0.05) is 11.6 Å². The Morgan fingerprint density at radius 1 is 1.31 bits per heavy atom. The second-order valence-corrected chi connectivity index (χ2v) is 4.03. The Labute approximate surface area is 97.2 Å². The van der Waals surface area contributed by atoms with E-state index in [1.165, 1.54) is 6.33 Å². The van der Waals surface area contributed by atoms with E-state index in [0.29, 0.717) is 10.9 Å². The van der Waals surface area contributed by atoms with Gasteiger partial charge in [-0.2, -0.15) is 19.6 Å². The van der Waals surface area contributed by atoms with Crippen molar-refractivity contribution in [2.75, 3.05) is 31.1 Å². The highest BCUT2D eigenvalue weighted by Crippen LogP contribution is 2.18. The van der Waals surface area contributed by atoms with Gasteiger partial charge in [-0.25, -0.2) is 0 Å². The molecule has 1 N–H and O–H groups in total. The van der Waals surface area contributed by atoms with Crippen LogP contribution in [0.15, 0.2) is 12.4 Å². The third kappa shape index (κ3) is 1.60. The summed E-state index contributed by atoms with van der Waals surface area (Å²) < 4.78 is 1.72. The van der Waals surface area contributed by atoms with Crippen LogP contribution in [0.4, 0.5) is 5.82 Å². The minimum Gasteiger partial charge on any atom is -0.354 e. The maximum absolute atomic E-state index is 5.97. The second kappa shape index (κ2) is 3.88. The Hall–Kier alpha value is -1.40. The van der Waals surface area contributed by atoms with Crippen LogP contribution in [0, 0.1) is 0 Å². The van der Waals surface area contributed by atoms with E-state index in [0.717, 1.165) is 32.0 Å². The van der Waals surface area contributed by atoms with Crippen molar-refractivity contribution >= 4 is 23.2 Å². The minimum absolute atomic E-state index is 0.453. The number of anilines is 1. The number of nitrogens with zero attached hydrogens (tertiary/aromatic N) is 5. The summed E-state index contributed by atoms with van der Waals surface area (Å²) in [6.45, 7) is 3.82. The Morgan fingerprint density at radius 3 is 2.94 bits per heavy atom. The summed E-state index contributed by atoms with van der Waals surface area (Å²) in [6, 6.07) is 1.83. The topological polar surface area (TPSA) is 58.4 Å². The van der Waals surface area contributed by atoms with Crippen molar-refractivity contribution in [2.24, 2.45) is 0 Å². The summed E-state index contributed by atoms with van der Waals surface area (Å²) in [6.07, 6.45) is 1.49. The van der Waals surface area contributed by atoms with Crippen LogP contribution in [0.3, 0.4) is 0 Å². The minimum atomic E-state index is 0.453. The molecule has 1 aliphatic rings. The lowest BCUT2D eigenvalue weighted by Gasteiger charge is -2.29. The molecule has 3 heterocycles. The average Bonchev–Trinajstić information content (AvgIpc) is 2.77. The predicted octanol–water partition coefficient (Wildman–Crippen LogP) is 0.187. The molecule has 16 heavy (non-hydrogen) atoms. The van der Waals surface area contributed by atoms with E-state index in [1.807, 2.05) is 6.07 Å². The summed E-state index contributed by atoms with van der Waals surface area (Å²) in [5.74, 6) is 1.50. The number of halogens is 1. The van der Waals surface area contributed by atoms with E-state index in [4.69, 9.17) is 11.6 Å². The van der Waals surface area contributed by atoms with Crippen LogP contribution in [0.2, 0.25) is 5.15 Å². The van der Waals surface area contributed by atoms with Crippen LogP contribution in [-0.4, -0.2) is 45.8 Å². The first-order chi connectivity index (χ1) is 7.84. The molecule has 6 nitrogen and oxygen atoms in total. The van der Waals surface area contributed by atoms with Crippen molar-refractivity contribution in [3.63, 3.8) is 0 Å². The van der Waals surface area contributed by atoms with Crippen LogP contribution in [-0.2, 0) is 0 Å². The van der Waals surface area contributed by atoms with Crippen LogP contribution < -0.4 is 10.2 Å². The lowest BCUT2D eigenvalue weighted by Crippen LogP contribution is -2.44. The van der Waals surface area contributed by atoms with E-state index in [1.54, 1.807) is 4.52 Å². The zero-order valence-corrected chi connectivity index (χ0v) is 9.35. The van der Waals surface area contributed by atoms with E-state index in [2.05, 4.69) is 25.3 Å². The van der Waals surface area contributed by atoms with Crippen molar-refractivity contribution in [2.45, 2.75) is 0 Å². The second-order valence-electron chi connectivity index (χ2n) is 3.65. The van der Waals surface area contributed by atoms with E-state index >= 15 is 0 Å². The molecular weight excluding hydrogens is 228 g/mol. The van der Waals surface area contributed by atoms with Gasteiger partial charge in [0.1, 0.15) is 17.3 Å². The van der Waals surface area contributed by atoms with Gasteiger partial charge in [0.2, 0.25) is 0 Å². The molecular formula is C9H11ClN6. The summed E-state index contributed by atoms with van der Waals surface area (Å²) >= 11 is 5.97. The zero-order chi connectivity index (χ0) is 11.0. The SMILES string of the molecule is Clc1cc(N2CCNCC2)n2ncnc2n1. The number of hydrogen-bond acceptors (Lipinski definition) is 5. The molecule has 7 heteroatoms. The normalized spacial score (nSPS) is 16.9. The van der Waals surface area contributed by atoms with Gasteiger partial charge in [0, 0.05) is 32.2 Å². The highest BCUT2D eigenvalue weighted by atomic mass is 35.5. The van der Waals surface area contributed by atoms with Crippen LogP contribution in [0.5, 0.6) is 0 Å². The number of fused-ring (bicyclic) bond motifs is 1. The van der Waals surface area contributed by atoms with Crippen LogP contribution in [0.1, 0.15) is 0 Å². The van der Waals surface area contributed by atoms with Crippen LogP contribution >= 0.6 is 11.6 Å². The molecule has 0 atom stereocenters. The molecule has 0 spiro atoms. The zero-order valence-electron chi connectivity index (χ0n) is 8.60. The lowest BCUT2D eigenvalue weighted by atomic mass is 10.3. The van der Waals surface area contributed by atoms with Gasteiger partial charge in [0.25, 0.3) is 5.78 Å². The first-order valence-corrected chi connectivity index (χ1v) is 5.54. The molecule has 0 saturated carbocycles. The highest BCUT2D eigenvalue weighted by molar-refractivity contribution is 6.29. The van der Waals surface area contributed by atoms with Gasteiger partial charge in [-0.3, -0.25) is 0 Å². The molecule has 0 aromatic carbocycles. The monoisotopic (exact) mass is 238 g/mol. The smallest absolute Gasteiger partial charge is 0.255 e. The van der Waals surface area contributed by atoms with Crippen molar-refractivity contribution in [1.29, 1.82) is 0 Å². The fraction of sp³-hybridized carbons (Fsp3) is 0.444. The van der Waals surface area contributed by atoms with Gasteiger partial charge in [0.05, 0.1) is 0 Å². The molecule has 0 aliphatic carbocycles. The highest BCUT2D eigenvalue weighted by Gasteiger charge is 2.15. The van der Waals surface area contributed by atoms with Gasteiger partial charge < -0.3 is 10.2 Å². The maximum Gasteiger partial charge on any atom is 0.255 e. The average molecular weight is 239 g/mol. The first-order valence-electron chi connectivity index (χ1n) is 5.16. The molecule has 2 aromatic heterocycles. The molecule has 0 unspecified atom stereocenters. The maximum atomic E-state index is 5.97. The number of rotatable bonds is 1. The van der Waals surface area contributed by atoms with Crippen molar-refractivity contribution in [3.8, 4) is 0 Å². The van der Waals surface area contributed by atoms with E-state index < -0.39 is 0 Å². The summed E-state index contributed by atoms with van der Waals surface area (Å²) in [5, 5.41) is 7.92. The molecule has 0 amide bonds. The number of aromatic nitrogens is 4. The summed E-state index contributed by atoms with van der Waals surface area (Å²) in [5.41, 5.74) is 0. The molecule has 1 aliphatic heterocycles. The third-order valence-corrected chi connectivity index (χ3v) is 2.84. The quantitative estimate of drug-likeness (QED) is 0.719. The molecule has 0 radical (unpaired) electrons. The summed E-state index contributed by atoms with van der Waals surface area (Å²) in [7, 11) is 0. The van der Waals surface area contributed by atoms with Gasteiger partial charge in [-0.05, 0) is 0 Å². The van der Waals surface area contributed by atoms with Crippen molar-refractivity contribution < 1.29 is 0 Å². The first kappa shape index (κ1) is 9.80. The molecule has 3 rings (SSSR count). The Morgan fingerprint density at radius 2 is 2.12 bits per heavy atom. The molecule has 0 bridgehead atoms. The largest absolute Gasteiger partial charge is 0.354 e. The lowest BCUT2D eigenvalue weighted by molar-refractivity contribution is 0.580. The van der Waals surface area contributed by atoms with Gasteiger partial charge in [0.15, 0.2) is 0 Å². The standard InChI is InChI=1S/C9H11ClN6/c10-7-5-8(15-3-1-11-2-4-15)16-9(14-7)12-6-13-16/h5-6,11H,1-4H2. The van der Waals surface area contributed by atoms with Crippen LogP contribution in [0.25, 0.3) is 5.78 Å². The molecule has 1 saturated heterocycles. The Bertz CT molecular complexity index is 504. The number of hydrogen-bond donors (Lipinski definition) is 1. The predicted molar refractivity (Wildman–Crippen MR) is 60.9 cm³/mol. The van der Waals surface area contributed by atoms with E-state index in [9.17, 15) is 0 Å². The fourth-order valence-corrected chi connectivity index (χ4v) is 2.06. The van der Waals surface area contributed by atoms with Gasteiger partial charge in [-0.15, -0.1) is 0 Å². The van der Waals surface area contributed by atoms with Crippen molar-refractivity contribution in [1.82, 2.24) is 24.9 Å². The number of piperazine rings is 1. The molecule has 2 aromatic rings. The van der Waals surface area contributed by atoms with E-state index in [-0.39, 0.29) is 0 Å². The Kier molecular flexibility index (Phi) is 2.37. The molecule has 84 valence electrons. The summed E-state index contributed by atoms with van der Waals surface area (Å²) in [4.78, 5) is 10.4. The van der Waals surface area contributed by atoms with Crippen molar-refractivity contribution in [3.05, 3.63) is 17.5 Å². The number of nitrogens with one attached hydrogen (secondary N) is 1. The van der Waals surface area contributed by atoms with Gasteiger partial charge >= 0.3 is 0 Å². The molecule has 1 fully saturated rings. The Balaban J connectivity index is 2.09. The third-order valence-electron chi connectivity index (χ3n) is 2.64.